The van der Waals surface area contributed by atoms with E-state index >= 15 is 0 Å². The van der Waals surface area contributed by atoms with E-state index in [9.17, 15) is 19.2 Å². The highest BCUT2D eigenvalue weighted by atomic mass is 16.2. The zero-order chi connectivity index (χ0) is 20.8. The number of rotatable bonds is 7. The summed E-state index contributed by atoms with van der Waals surface area (Å²) in [5, 5.41) is 11.5. The maximum Gasteiger partial charge on any atom is 0.261 e. The summed E-state index contributed by atoms with van der Waals surface area (Å²) < 4.78 is 0. The molecule has 0 radical (unpaired) electrons. The van der Waals surface area contributed by atoms with E-state index in [1.54, 1.807) is 29.2 Å². The van der Waals surface area contributed by atoms with E-state index in [1.165, 1.54) is 4.90 Å². The van der Waals surface area contributed by atoms with Crippen LogP contribution in [0.2, 0.25) is 0 Å². The number of benzene rings is 1. The summed E-state index contributed by atoms with van der Waals surface area (Å²) in [5.74, 6) is -0.540. The minimum Gasteiger partial charge on any atom is -0.356 e. The van der Waals surface area contributed by atoms with E-state index in [4.69, 9.17) is 5.26 Å². The summed E-state index contributed by atoms with van der Waals surface area (Å²) in [6, 6.07) is 8.61. The van der Waals surface area contributed by atoms with Gasteiger partial charge in [-0.15, -0.1) is 0 Å². The lowest BCUT2D eigenvalue weighted by atomic mass is 9.96. The molecule has 0 saturated carbocycles. The first-order valence-corrected chi connectivity index (χ1v) is 9.88. The smallest absolute Gasteiger partial charge is 0.261 e. The summed E-state index contributed by atoms with van der Waals surface area (Å²) in [6.45, 7) is 1.99. The zero-order valence-corrected chi connectivity index (χ0v) is 16.2. The number of imide groups is 1. The number of nitriles is 1. The number of piperidine rings is 1. The number of nitrogens with one attached hydrogen (secondary N) is 1. The number of carbonyl (C=O) groups is 4. The third-order valence-electron chi connectivity index (χ3n) is 5.45. The van der Waals surface area contributed by atoms with Crippen LogP contribution in [0.25, 0.3) is 0 Å². The van der Waals surface area contributed by atoms with E-state index in [2.05, 4.69) is 5.32 Å². The summed E-state index contributed by atoms with van der Waals surface area (Å²) in [4.78, 5) is 51.3. The number of fused-ring (bicyclic) bond motifs is 1. The van der Waals surface area contributed by atoms with Crippen LogP contribution in [0.5, 0.6) is 0 Å². The molecule has 8 heteroatoms. The van der Waals surface area contributed by atoms with Gasteiger partial charge in [0.25, 0.3) is 11.8 Å². The van der Waals surface area contributed by atoms with Gasteiger partial charge >= 0.3 is 0 Å². The predicted octanol–water partition coefficient (Wildman–Crippen LogP) is 1.33. The highest BCUT2D eigenvalue weighted by Crippen LogP contribution is 2.22. The Morgan fingerprint density at radius 2 is 1.72 bits per heavy atom. The Morgan fingerprint density at radius 1 is 1.10 bits per heavy atom. The Bertz CT molecular complexity index is 817. The predicted molar refractivity (Wildman–Crippen MR) is 104 cm³/mol. The van der Waals surface area contributed by atoms with Crippen molar-refractivity contribution in [2.45, 2.75) is 32.1 Å². The quantitative estimate of drug-likeness (QED) is 0.699. The van der Waals surface area contributed by atoms with Gasteiger partial charge < -0.3 is 10.2 Å². The van der Waals surface area contributed by atoms with Crippen LogP contribution in [0.15, 0.2) is 24.3 Å². The molecule has 29 heavy (non-hydrogen) atoms. The Labute approximate surface area is 169 Å². The first kappa shape index (κ1) is 20.5. The van der Waals surface area contributed by atoms with Gasteiger partial charge in [0.2, 0.25) is 11.8 Å². The van der Waals surface area contributed by atoms with Gasteiger partial charge in [-0.05, 0) is 37.3 Å². The van der Waals surface area contributed by atoms with Gasteiger partial charge in [0.1, 0.15) is 6.42 Å². The van der Waals surface area contributed by atoms with Crippen molar-refractivity contribution in [2.24, 2.45) is 5.92 Å². The number of nitrogens with zero attached hydrogens (tertiary/aromatic N) is 3. The average molecular weight is 396 g/mol. The van der Waals surface area contributed by atoms with Crippen LogP contribution in [0.3, 0.4) is 0 Å². The lowest BCUT2D eigenvalue weighted by Gasteiger charge is -2.31. The van der Waals surface area contributed by atoms with Gasteiger partial charge in [0.05, 0.1) is 17.2 Å². The maximum atomic E-state index is 12.3. The van der Waals surface area contributed by atoms with E-state index in [1.807, 2.05) is 6.07 Å². The largest absolute Gasteiger partial charge is 0.356 e. The molecule has 8 nitrogen and oxygen atoms in total. The fourth-order valence-electron chi connectivity index (χ4n) is 3.75. The number of carbonyl (C=O) groups excluding carboxylic acids is 4. The molecule has 0 bridgehead atoms. The topological polar surface area (TPSA) is 111 Å². The van der Waals surface area contributed by atoms with Crippen LogP contribution >= 0.6 is 0 Å². The third-order valence-corrected chi connectivity index (χ3v) is 5.45. The van der Waals surface area contributed by atoms with Crippen molar-refractivity contribution in [2.75, 3.05) is 26.2 Å². The molecule has 4 amide bonds. The molecular weight excluding hydrogens is 372 g/mol. The minimum absolute atomic E-state index is 0.0888. The highest BCUT2D eigenvalue weighted by molar-refractivity contribution is 6.21. The van der Waals surface area contributed by atoms with Crippen molar-refractivity contribution in [3.8, 4) is 6.07 Å². The second-order valence-electron chi connectivity index (χ2n) is 7.37. The number of hydrogen-bond donors (Lipinski definition) is 1. The van der Waals surface area contributed by atoms with Gasteiger partial charge in [0.15, 0.2) is 0 Å². The Balaban J connectivity index is 1.34. The SMILES string of the molecule is N#CCC(=O)N1CCC(CNC(=O)CCCN2C(=O)c3ccccc3C2=O)CC1. The summed E-state index contributed by atoms with van der Waals surface area (Å²) in [5.41, 5.74) is 0.836. The van der Waals surface area contributed by atoms with E-state index in [-0.39, 0.29) is 43.0 Å². The number of likely N-dealkylation sites (tertiary alicyclic amines) is 1. The molecule has 1 aromatic carbocycles. The van der Waals surface area contributed by atoms with Crippen molar-refractivity contribution in [3.63, 3.8) is 0 Å². The van der Waals surface area contributed by atoms with Gasteiger partial charge in [-0.1, -0.05) is 12.1 Å². The van der Waals surface area contributed by atoms with Crippen LogP contribution in [0, 0.1) is 17.2 Å². The molecule has 1 N–H and O–H groups in total. The molecular formula is C21H24N4O4. The maximum absolute atomic E-state index is 12.3. The van der Waals surface area contributed by atoms with Gasteiger partial charge in [-0.3, -0.25) is 24.1 Å². The van der Waals surface area contributed by atoms with Crippen LogP contribution in [0.1, 0.15) is 52.8 Å². The van der Waals surface area contributed by atoms with Gasteiger partial charge in [0, 0.05) is 32.6 Å². The van der Waals surface area contributed by atoms with Crippen LogP contribution in [0.4, 0.5) is 0 Å². The number of hydrogen-bond acceptors (Lipinski definition) is 5. The van der Waals surface area contributed by atoms with Crippen molar-refractivity contribution in [1.29, 1.82) is 5.26 Å². The molecule has 0 aromatic heterocycles. The molecule has 1 fully saturated rings. The summed E-state index contributed by atoms with van der Waals surface area (Å²) in [7, 11) is 0. The number of amides is 4. The highest BCUT2D eigenvalue weighted by Gasteiger charge is 2.34. The first-order valence-electron chi connectivity index (χ1n) is 9.88. The van der Waals surface area contributed by atoms with Gasteiger partial charge in [-0.25, -0.2) is 0 Å². The van der Waals surface area contributed by atoms with Crippen molar-refractivity contribution >= 4 is 23.6 Å². The first-order chi connectivity index (χ1) is 14.0. The zero-order valence-electron chi connectivity index (χ0n) is 16.2. The molecule has 0 spiro atoms. The molecule has 2 aliphatic heterocycles. The Kier molecular flexibility index (Phi) is 6.60. The fourth-order valence-corrected chi connectivity index (χ4v) is 3.75. The Morgan fingerprint density at radius 3 is 2.31 bits per heavy atom. The third kappa shape index (κ3) is 4.80. The normalized spacial score (nSPS) is 16.5. The molecule has 0 atom stereocenters. The van der Waals surface area contributed by atoms with Crippen molar-refractivity contribution < 1.29 is 19.2 Å². The molecule has 152 valence electrons. The van der Waals surface area contributed by atoms with E-state index in [0.29, 0.717) is 43.1 Å². The van der Waals surface area contributed by atoms with Crippen molar-refractivity contribution in [3.05, 3.63) is 35.4 Å². The molecule has 0 unspecified atom stereocenters. The molecule has 3 rings (SSSR count). The lowest BCUT2D eigenvalue weighted by Crippen LogP contribution is -2.41. The lowest BCUT2D eigenvalue weighted by molar-refractivity contribution is -0.131. The molecule has 1 aromatic rings. The fraction of sp³-hybridized carbons (Fsp3) is 0.476. The summed E-state index contributed by atoms with van der Waals surface area (Å²) >= 11 is 0. The second-order valence-corrected chi connectivity index (χ2v) is 7.37. The minimum atomic E-state index is -0.302. The van der Waals surface area contributed by atoms with E-state index in [0.717, 1.165) is 12.8 Å². The Hall–Kier alpha value is -3.21. The van der Waals surface area contributed by atoms with Crippen molar-refractivity contribution in [1.82, 2.24) is 15.1 Å². The second kappa shape index (κ2) is 9.32. The van der Waals surface area contributed by atoms with Crippen LogP contribution in [-0.2, 0) is 9.59 Å². The standard InChI is InChI=1S/C21H24N4O4/c22-10-7-19(27)24-12-8-15(9-13-24)14-23-18(26)6-3-11-25-20(28)16-4-1-2-5-17(16)21(25)29/h1-2,4-5,15H,3,6-9,11-14H2,(H,23,26). The van der Waals surface area contributed by atoms with Gasteiger partial charge in [-0.2, -0.15) is 5.26 Å². The monoisotopic (exact) mass is 396 g/mol. The average Bonchev–Trinajstić information content (AvgIpc) is 2.98. The van der Waals surface area contributed by atoms with Crippen LogP contribution < -0.4 is 5.32 Å². The summed E-state index contributed by atoms with van der Waals surface area (Å²) in [6.07, 6.45) is 2.17. The van der Waals surface area contributed by atoms with Crippen LogP contribution in [-0.4, -0.2) is 59.6 Å². The molecule has 2 heterocycles. The molecule has 0 aliphatic carbocycles. The van der Waals surface area contributed by atoms with E-state index < -0.39 is 0 Å². The molecule has 2 aliphatic rings. The molecule has 1 saturated heterocycles.